The molecule has 0 saturated carbocycles. The van der Waals surface area contributed by atoms with E-state index in [4.69, 9.17) is 0 Å². The smallest absolute Gasteiger partial charge is 0.311 e. The quantitative estimate of drug-likeness (QED) is 0.859. The maximum absolute atomic E-state index is 12.5. The average Bonchev–Trinajstić information content (AvgIpc) is 2.89. The maximum Gasteiger partial charge on any atom is 0.419 e. The highest BCUT2D eigenvalue weighted by Gasteiger charge is 2.32. The molecule has 4 nitrogen and oxygen atoms in total. The zero-order chi connectivity index (χ0) is 14.6. The van der Waals surface area contributed by atoms with Gasteiger partial charge < -0.3 is 5.32 Å². The van der Waals surface area contributed by atoms with Gasteiger partial charge in [-0.05, 0) is 25.1 Å². The normalized spacial score (nSPS) is 11.8. The lowest BCUT2D eigenvalue weighted by Gasteiger charge is -2.05. The van der Waals surface area contributed by atoms with Crippen molar-refractivity contribution in [1.29, 1.82) is 0 Å². The largest absolute Gasteiger partial charge is 0.419 e. The van der Waals surface area contributed by atoms with Gasteiger partial charge in [0.05, 0.1) is 17.5 Å². The summed E-state index contributed by atoms with van der Waals surface area (Å²) in [6.07, 6.45) is -1.65. The van der Waals surface area contributed by atoms with Crippen molar-refractivity contribution in [3.05, 3.63) is 41.9 Å². The molecule has 7 heteroatoms. The second kappa shape index (κ2) is 6.04. The molecule has 0 spiro atoms. The first-order valence-corrected chi connectivity index (χ1v) is 6.29. The number of nitrogens with one attached hydrogen (secondary N) is 1. The van der Waals surface area contributed by atoms with Gasteiger partial charge in [0.2, 0.25) is 0 Å². The molecule has 20 heavy (non-hydrogen) atoms. The predicted molar refractivity (Wildman–Crippen MR) is 68.4 cm³/mol. The van der Waals surface area contributed by atoms with Crippen LogP contribution in [0.1, 0.15) is 24.6 Å². The Balaban J connectivity index is 2.16. The van der Waals surface area contributed by atoms with E-state index in [2.05, 4.69) is 22.3 Å². The molecule has 0 bridgehead atoms. The Morgan fingerprint density at radius 3 is 2.75 bits per heavy atom. The van der Waals surface area contributed by atoms with Crippen molar-refractivity contribution in [2.45, 2.75) is 26.1 Å². The van der Waals surface area contributed by atoms with Gasteiger partial charge in [-0.25, -0.2) is 9.67 Å². The number of hydrogen-bond acceptors (Lipinski definition) is 3. The van der Waals surface area contributed by atoms with Crippen LogP contribution in [-0.4, -0.2) is 21.3 Å². The van der Waals surface area contributed by atoms with Crippen molar-refractivity contribution >= 4 is 0 Å². The van der Waals surface area contributed by atoms with Crippen molar-refractivity contribution in [3.63, 3.8) is 0 Å². The molecule has 2 heterocycles. The summed E-state index contributed by atoms with van der Waals surface area (Å²) < 4.78 is 38.7. The maximum atomic E-state index is 12.5. The molecule has 108 valence electrons. The highest BCUT2D eigenvalue weighted by molar-refractivity contribution is 5.25. The van der Waals surface area contributed by atoms with E-state index in [0.29, 0.717) is 12.4 Å². The van der Waals surface area contributed by atoms with Crippen LogP contribution >= 0.6 is 0 Å². The third kappa shape index (κ3) is 3.57. The zero-order valence-electron chi connectivity index (χ0n) is 11.0. The Morgan fingerprint density at radius 1 is 1.30 bits per heavy atom. The first-order chi connectivity index (χ1) is 9.50. The van der Waals surface area contributed by atoms with Crippen LogP contribution in [0.15, 0.2) is 30.6 Å². The topological polar surface area (TPSA) is 42.7 Å². The number of pyridine rings is 1. The fourth-order valence-electron chi connectivity index (χ4n) is 1.68. The van der Waals surface area contributed by atoms with E-state index in [9.17, 15) is 13.2 Å². The molecule has 0 unspecified atom stereocenters. The van der Waals surface area contributed by atoms with Crippen molar-refractivity contribution in [2.75, 3.05) is 6.54 Å². The first kappa shape index (κ1) is 14.5. The van der Waals surface area contributed by atoms with Crippen LogP contribution in [0.3, 0.4) is 0 Å². The number of halogens is 3. The van der Waals surface area contributed by atoms with Gasteiger partial charge >= 0.3 is 6.18 Å². The number of hydrogen-bond donors (Lipinski definition) is 1. The monoisotopic (exact) mass is 284 g/mol. The third-order valence-corrected chi connectivity index (χ3v) is 2.67. The van der Waals surface area contributed by atoms with Crippen molar-refractivity contribution < 1.29 is 13.2 Å². The van der Waals surface area contributed by atoms with Gasteiger partial charge in [0.25, 0.3) is 0 Å². The summed E-state index contributed by atoms with van der Waals surface area (Å²) in [6.45, 7) is 3.50. The van der Waals surface area contributed by atoms with Crippen LogP contribution in [-0.2, 0) is 12.7 Å². The molecule has 0 saturated heterocycles. The van der Waals surface area contributed by atoms with Crippen LogP contribution in [0.2, 0.25) is 0 Å². The summed E-state index contributed by atoms with van der Waals surface area (Å²) in [7, 11) is 0. The van der Waals surface area contributed by atoms with E-state index in [1.807, 2.05) is 6.07 Å². The van der Waals surface area contributed by atoms with E-state index < -0.39 is 11.7 Å². The second-order valence-electron chi connectivity index (χ2n) is 4.34. The number of aromatic nitrogens is 3. The van der Waals surface area contributed by atoms with E-state index in [1.54, 1.807) is 12.1 Å². The van der Waals surface area contributed by atoms with Crippen molar-refractivity contribution in [1.82, 2.24) is 20.1 Å². The Labute approximate surface area is 114 Å². The summed E-state index contributed by atoms with van der Waals surface area (Å²) >= 11 is 0. The minimum atomic E-state index is -4.39. The fourth-order valence-corrected chi connectivity index (χ4v) is 1.68. The standard InChI is InChI=1S/C13H15F3N4/c1-2-6-17-8-11-4-3-5-12(19-11)20-9-10(7-18-20)13(14,15)16/h3-5,7,9,17H,2,6,8H2,1H3. The molecule has 0 aromatic carbocycles. The molecule has 1 N–H and O–H groups in total. The van der Waals surface area contributed by atoms with E-state index in [0.717, 1.165) is 35.7 Å². The van der Waals surface area contributed by atoms with E-state index in [1.165, 1.54) is 0 Å². The molecular weight excluding hydrogens is 269 g/mol. The first-order valence-electron chi connectivity index (χ1n) is 6.29. The fraction of sp³-hybridized carbons (Fsp3) is 0.385. The molecule has 2 aromatic rings. The van der Waals surface area contributed by atoms with E-state index >= 15 is 0 Å². The summed E-state index contributed by atoms with van der Waals surface area (Å²) in [5.41, 5.74) is -0.0196. The SMILES string of the molecule is CCCNCc1cccc(-n2cc(C(F)(F)F)cn2)n1. The van der Waals surface area contributed by atoms with Gasteiger partial charge in [-0.15, -0.1) is 0 Å². The summed E-state index contributed by atoms with van der Waals surface area (Å²) in [6, 6.07) is 5.19. The molecule has 0 aliphatic rings. The van der Waals surface area contributed by atoms with Gasteiger partial charge in [-0.1, -0.05) is 13.0 Å². The van der Waals surface area contributed by atoms with Crippen LogP contribution < -0.4 is 5.32 Å². The molecule has 0 fully saturated rings. The Hall–Kier alpha value is -1.89. The Kier molecular flexibility index (Phi) is 4.39. The van der Waals surface area contributed by atoms with Crippen molar-refractivity contribution in [2.24, 2.45) is 0 Å². The molecular formula is C13H15F3N4. The average molecular weight is 284 g/mol. The lowest BCUT2D eigenvalue weighted by molar-refractivity contribution is -0.137. The Bertz CT molecular complexity index is 563. The van der Waals surface area contributed by atoms with Crippen LogP contribution in [0.5, 0.6) is 0 Å². The van der Waals surface area contributed by atoms with Crippen LogP contribution in [0, 0.1) is 0 Å². The second-order valence-corrected chi connectivity index (χ2v) is 4.34. The highest BCUT2D eigenvalue weighted by Crippen LogP contribution is 2.28. The number of nitrogens with zero attached hydrogens (tertiary/aromatic N) is 3. The predicted octanol–water partition coefficient (Wildman–Crippen LogP) is 2.79. The minimum Gasteiger partial charge on any atom is -0.311 e. The van der Waals surface area contributed by atoms with E-state index in [-0.39, 0.29) is 0 Å². The van der Waals surface area contributed by atoms with Crippen LogP contribution in [0.4, 0.5) is 13.2 Å². The summed E-state index contributed by atoms with van der Waals surface area (Å²) in [4.78, 5) is 4.28. The minimum absolute atomic E-state index is 0.372. The summed E-state index contributed by atoms with van der Waals surface area (Å²) in [5.74, 6) is 0.372. The van der Waals surface area contributed by atoms with Gasteiger partial charge in [0, 0.05) is 12.7 Å². The van der Waals surface area contributed by atoms with Gasteiger partial charge in [0.15, 0.2) is 5.82 Å². The van der Waals surface area contributed by atoms with Gasteiger partial charge in [0.1, 0.15) is 0 Å². The lowest BCUT2D eigenvalue weighted by Crippen LogP contribution is -2.15. The van der Waals surface area contributed by atoms with Crippen molar-refractivity contribution in [3.8, 4) is 5.82 Å². The molecule has 0 atom stereocenters. The van der Waals surface area contributed by atoms with Crippen LogP contribution in [0.25, 0.3) is 5.82 Å². The van der Waals surface area contributed by atoms with Gasteiger partial charge in [-0.2, -0.15) is 18.3 Å². The number of rotatable bonds is 5. The lowest BCUT2D eigenvalue weighted by atomic mass is 10.3. The highest BCUT2D eigenvalue weighted by atomic mass is 19.4. The number of alkyl halides is 3. The molecule has 0 amide bonds. The molecule has 2 aromatic heterocycles. The molecule has 0 aliphatic heterocycles. The zero-order valence-corrected chi connectivity index (χ0v) is 11.0. The van der Waals surface area contributed by atoms with Gasteiger partial charge in [-0.3, -0.25) is 0 Å². The summed E-state index contributed by atoms with van der Waals surface area (Å²) in [5, 5.41) is 6.89. The molecule has 0 radical (unpaired) electrons. The molecule has 2 rings (SSSR count). The Morgan fingerprint density at radius 2 is 2.10 bits per heavy atom. The molecule has 0 aliphatic carbocycles. The third-order valence-electron chi connectivity index (χ3n) is 2.67.